The first-order valence-electron chi connectivity index (χ1n) is 25.4. The molecule has 0 saturated heterocycles. The Kier molecular flexibility index (Phi) is 9.05. The van der Waals surface area contributed by atoms with Gasteiger partial charge in [0.25, 0.3) is 0 Å². The molecule has 0 amide bonds. The summed E-state index contributed by atoms with van der Waals surface area (Å²) in [5.41, 5.74) is 25.1. The summed E-state index contributed by atoms with van der Waals surface area (Å²) >= 11 is 0. The Balaban J connectivity index is 1.00. The first kappa shape index (κ1) is 41.7. The molecule has 10 aromatic carbocycles. The van der Waals surface area contributed by atoms with Crippen molar-refractivity contribution in [3.63, 3.8) is 0 Å². The third-order valence-corrected chi connectivity index (χ3v) is 16.7. The molecule has 0 aliphatic heterocycles. The number of nitrogens with zero attached hydrogens (tertiary/aromatic N) is 2. The van der Waals surface area contributed by atoms with Crippen LogP contribution >= 0.6 is 0 Å². The van der Waals surface area contributed by atoms with Crippen LogP contribution in [-0.4, -0.2) is 4.57 Å². The second kappa shape index (κ2) is 15.4. The van der Waals surface area contributed by atoms with Gasteiger partial charge < -0.3 is 9.47 Å². The number of hydrogen-bond donors (Lipinski definition) is 0. The maximum atomic E-state index is 2.55. The van der Waals surface area contributed by atoms with E-state index in [-0.39, 0.29) is 10.8 Å². The molecule has 0 unspecified atom stereocenters. The van der Waals surface area contributed by atoms with Crippen LogP contribution in [-0.2, 0) is 16.2 Å². The molecule has 340 valence electrons. The van der Waals surface area contributed by atoms with E-state index < -0.39 is 5.41 Å². The van der Waals surface area contributed by atoms with E-state index in [9.17, 15) is 0 Å². The van der Waals surface area contributed by atoms with Crippen molar-refractivity contribution in [2.45, 2.75) is 56.8 Å². The minimum atomic E-state index is -0.492. The second-order valence-electron chi connectivity index (χ2n) is 21.5. The first-order chi connectivity index (χ1) is 34.7. The van der Waals surface area contributed by atoms with Gasteiger partial charge in [-0.25, -0.2) is 0 Å². The average Bonchev–Trinajstić information content (AvgIpc) is 4.02. The molecule has 11 aromatic rings. The average molecular weight is 911 g/mol. The van der Waals surface area contributed by atoms with Crippen LogP contribution in [0.3, 0.4) is 0 Å². The van der Waals surface area contributed by atoms with Crippen molar-refractivity contribution in [2.24, 2.45) is 0 Å². The molecule has 0 fully saturated rings. The Hall–Kier alpha value is -8.20. The lowest BCUT2D eigenvalue weighted by atomic mass is 9.63. The molecule has 0 bridgehead atoms. The lowest BCUT2D eigenvalue weighted by Gasteiger charge is -2.42. The van der Waals surface area contributed by atoms with Crippen molar-refractivity contribution in [3.05, 3.63) is 264 Å². The Bertz CT molecular complexity index is 3820. The highest BCUT2D eigenvalue weighted by atomic mass is 15.1. The molecule has 1 aromatic heterocycles. The Morgan fingerprint density at radius 1 is 0.338 bits per heavy atom. The molecule has 0 saturated carbocycles. The summed E-state index contributed by atoms with van der Waals surface area (Å²) in [5.74, 6) is 0. The van der Waals surface area contributed by atoms with Crippen molar-refractivity contribution in [3.8, 4) is 50.2 Å². The zero-order chi connectivity index (χ0) is 47.6. The van der Waals surface area contributed by atoms with E-state index in [0.29, 0.717) is 0 Å². The van der Waals surface area contributed by atoms with E-state index in [2.05, 4.69) is 268 Å². The van der Waals surface area contributed by atoms with Gasteiger partial charge >= 0.3 is 0 Å². The topological polar surface area (TPSA) is 8.17 Å². The van der Waals surface area contributed by atoms with E-state index in [0.717, 1.165) is 22.7 Å². The summed E-state index contributed by atoms with van der Waals surface area (Å²) in [6.07, 6.45) is 2.40. The number of aromatic nitrogens is 1. The highest BCUT2D eigenvalue weighted by Gasteiger charge is 2.52. The molecule has 2 heteroatoms. The smallest absolute Gasteiger partial charge is 0.0726 e. The molecule has 3 aliphatic rings. The largest absolute Gasteiger partial charge is 0.310 e. The van der Waals surface area contributed by atoms with Gasteiger partial charge in [-0.1, -0.05) is 198 Å². The van der Waals surface area contributed by atoms with Crippen LogP contribution in [0.1, 0.15) is 73.9 Å². The van der Waals surface area contributed by atoms with Crippen molar-refractivity contribution in [2.75, 3.05) is 4.90 Å². The minimum Gasteiger partial charge on any atom is -0.310 e. The number of hydrogen-bond acceptors (Lipinski definition) is 1. The third-order valence-electron chi connectivity index (χ3n) is 16.7. The first-order valence-corrected chi connectivity index (χ1v) is 25.4. The zero-order valence-electron chi connectivity index (χ0n) is 40.7. The van der Waals surface area contributed by atoms with Crippen LogP contribution in [0.5, 0.6) is 0 Å². The van der Waals surface area contributed by atoms with Gasteiger partial charge in [0, 0.05) is 33.4 Å². The van der Waals surface area contributed by atoms with Crippen molar-refractivity contribution in [1.82, 2.24) is 4.57 Å². The van der Waals surface area contributed by atoms with Crippen LogP contribution in [0.4, 0.5) is 17.1 Å². The molecule has 0 N–H and O–H groups in total. The Morgan fingerprint density at radius 2 is 0.817 bits per heavy atom. The van der Waals surface area contributed by atoms with Crippen molar-refractivity contribution < 1.29 is 0 Å². The number of fused-ring (bicyclic) bond motifs is 14. The fraction of sp³-hybridized carbons (Fsp3) is 0.130. The SMILES string of the molecule is CC1(C)CCC(C)(C)c2cc(-c3ccc(-c4cc5c(cc4N(c4ccccc4)c4ccc(-n6c7ccccc7c7ccccc76)cc4)C4(c6ccccc6-c6ccccc64)c4ccccc4-5)cc3)ccc21. The van der Waals surface area contributed by atoms with Gasteiger partial charge in [0.2, 0.25) is 0 Å². The van der Waals surface area contributed by atoms with Crippen LogP contribution in [0.15, 0.2) is 231 Å². The Labute approximate surface area is 417 Å². The number of rotatable bonds is 6. The lowest BCUT2D eigenvalue weighted by molar-refractivity contribution is 0.332. The third kappa shape index (κ3) is 6.07. The van der Waals surface area contributed by atoms with Gasteiger partial charge in [-0.3, -0.25) is 0 Å². The predicted octanol–water partition coefficient (Wildman–Crippen LogP) is 18.3. The van der Waals surface area contributed by atoms with Gasteiger partial charge in [0.1, 0.15) is 0 Å². The maximum absolute atomic E-state index is 2.55. The fourth-order valence-corrected chi connectivity index (χ4v) is 13.1. The van der Waals surface area contributed by atoms with Gasteiger partial charge in [-0.2, -0.15) is 0 Å². The predicted molar refractivity (Wildman–Crippen MR) is 298 cm³/mol. The van der Waals surface area contributed by atoms with Crippen LogP contribution in [0.2, 0.25) is 0 Å². The van der Waals surface area contributed by atoms with Gasteiger partial charge in [0.15, 0.2) is 0 Å². The maximum Gasteiger partial charge on any atom is 0.0726 e. The summed E-state index contributed by atoms with van der Waals surface area (Å²) in [6, 6.07) is 86.9. The summed E-state index contributed by atoms with van der Waals surface area (Å²) in [7, 11) is 0. The number of anilines is 3. The highest BCUT2D eigenvalue weighted by Crippen LogP contribution is 2.64. The summed E-state index contributed by atoms with van der Waals surface area (Å²) in [4.78, 5) is 2.50. The van der Waals surface area contributed by atoms with E-state index in [1.165, 1.54) is 113 Å². The van der Waals surface area contributed by atoms with Crippen molar-refractivity contribution in [1.29, 1.82) is 0 Å². The number of para-hydroxylation sites is 3. The second-order valence-corrected chi connectivity index (χ2v) is 21.5. The van der Waals surface area contributed by atoms with Gasteiger partial charge in [0.05, 0.1) is 22.1 Å². The molecule has 1 heterocycles. The van der Waals surface area contributed by atoms with Crippen LogP contribution in [0.25, 0.3) is 72.0 Å². The van der Waals surface area contributed by atoms with Gasteiger partial charge in [-0.05, 0) is 157 Å². The fourth-order valence-electron chi connectivity index (χ4n) is 13.1. The van der Waals surface area contributed by atoms with Crippen molar-refractivity contribution >= 4 is 38.9 Å². The lowest BCUT2D eigenvalue weighted by Crippen LogP contribution is -2.33. The summed E-state index contributed by atoms with van der Waals surface area (Å²) < 4.78 is 2.41. The molecule has 0 atom stereocenters. The molecular formula is C69H54N2. The molecular weight excluding hydrogens is 857 g/mol. The van der Waals surface area contributed by atoms with Crippen LogP contribution < -0.4 is 4.90 Å². The molecule has 2 nitrogen and oxygen atoms in total. The molecule has 71 heavy (non-hydrogen) atoms. The molecule has 0 radical (unpaired) electrons. The molecule has 14 rings (SSSR count). The van der Waals surface area contributed by atoms with E-state index in [1.807, 2.05) is 0 Å². The Morgan fingerprint density at radius 3 is 1.42 bits per heavy atom. The van der Waals surface area contributed by atoms with E-state index in [1.54, 1.807) is 0 Å². The van der Waals surface area contributed by atoms with Crippen LogP contribution in [0, 0.1) is 0 Å². The quantitative estimate of drug-likeness (QED) is 0.161. The summed E-state index contributed by atoms with van der Waals surface area (Å²) in [6.45, 7) is 9.66. The normalized spacial score (nSPS) is 15.3. The highest BCUT2D eigenvalue weighted by molar-refractivity contribution is 6.09. The molecule has 1 spiro atoms. The number of benzene rings is 10. The zero-order valence-corrected chi connectivity index (χ0v) is 40.7. The van der Waals surface area contributed by atoms with Gasteiger partial charge in [-0.15, -0.1) is 0 Å². The standard InChI is InChI=1S/C69H54N2/c1-67(2)40-41-68(3,4)63-42-47(34-39-61(63)67)45-30-32-46(33-31-45)56-43-57-53-22-10-15-27-60(53)69(58-25-13-8-20-51(58)52-21-9-14-26-59(52)69)62(57)44-66(56)70(48-18-6-5-7-19-48)49-35-37-50(38-36-49)71-64-28-16-11-23-54(64)55-24-12-17-29-65(55)71/h5-39,42-44H,40-41H2,1-4H3. The van der Waals surface area contributed by atoms with E-state index >= 15 is 0 Å². The monoisotopic (exact) mass is 910 g/mol. The molecule has 3 aliphatic carbocycles. The summed E-state index contributed by atoms with van der Waals surface area (Å²) in [5, 5.41) is 2.52. The minimum absolute atomic E-state index is 0.136. The van der Waals surface area contributed by atoms with E-state index in [4.69, 9.17) is 0 Å².